The minimum Gasteiger partial charge on any atom is -0.438 e. The van der Waals surface area contributed by atoms with E-state index in [-0.39, 0.29) is 5.41 Å². The van der Waals surface area contributed by atoms with Crippen molar-refractivity contribution in [3.63, 3.8) is 0 Å². The molecule has 1 aliphatic heterocycles. The van der Waals surface area contributed by atoms with Gasteiger partial charge in [0.15, 0.2) is 0 Å². The van der Waals surface area contributed by atoms with Crippen LogP contribution in [0.5, 0.6) is 11.6 Å². The first kappa shape index (κ1) is 21.8. The molecule has 0 amide bonds. The van der Waals surface area contributed by atoms with Gasteiger partial charge in [-0.05, 0) is 53.9 Å². The van der Waals surface area contributed by atoms with E-state index < -0.39 is 0 Å². The van der Waals surface area contributed by atoms with Crippen molar-refractivity contribution < 1.29 is 9.47 Å². The molecule has 2 aliphatic rings. The second-order valence-electron chi connectivity index (χ2n) is 10.2. The number of ether oxygens (including phenoxy) is 2. The number of rotatable bonds is 4. The van der Waals surface area contributed by atoms with Crippen molar-refractivity contribution in [1.82, 2.24) is 14.9 Å². The minimum absolute atomic E-state index is 0.120. The van der Waals surface area contributed by atoms with E-state index in [9.17, 15) is 0 Å². The molecule has 0 bridgehead atoms. The van der Waals surface area contributed by atoms with E-state index >= 15 is 0 Å². The summed E-state index contributed by atoms with van der Waals surface area (Å²) in [6, 6.07) is 8.45. The average Bonchev–Trinajstić information content (AvgIpc) is 3.11. The van der Waals surface area contributed by atoms with Crippen molar-refractivity contribution in [3.8, 4) is 11.6 Å². The summed E-state index contributed by atoms with van der Waals surface area (Å²) in [6.07, 6.45) is 3.44. The number of aryl methyl sites for hydroxylation is 1. The van der Waals surface area contributed by atoms with Crippen molar-refractivity contribution in [2.24, 2.45) is 5.92 Å². The zero-order valence-electron chi connectivity index (χ0n) is 19.6. The molecule has 0 radical (unpaired) electrons. The third-order valence-corrected chi connectivity index (χ3v) is 7.72. The molecule has 1 aromatic carbocycles. The largest absolute Gasteiger partial charge is 0.438 e. The second-order valence-corrected chi connectivity index (χ2v) is 11.3. The molecule has 3 heterocycles. The van der Waals surface area contributed by atoms with Gasteiger partial charge in [-0.2, -0.15) is 4.98 Å². The first-order chi connectivity index (χ1) is 15.4. The molecule has 5 nitrogen and oxygen atoms in total. The number of hydrogen-bond donors (Lipinski definition) is 0. The average molecular weight is 452 g/mol. The Balaban J connectivity index is 1.52. The molecule has 1 aliphatic carbocycles. The molecule has 1 fully saturated rings. The van der Waals surface area contributed by atoms with Gasteiger partial charge in [-0.15, -0.1) is 11.3 Å². The van der Waals surface area contributed by atoms with Crippen LogP contribution >= 0.6 is 11.3 Å². The van der Waals surface area contributed by atoms with Crippen molar-refractivity contribution >= 4 is 21.6 Å². The van der Waals surface area contributed by atoms with Crippen LogP contribution in [0.3, 0.4) is 0 Å². The second kappa shape index (κ2) is 8.73. The summed E-state index contributed by atoms with van der Waals surface area (Å²) < 4.78 is 12.0. The van der Waals surface area contributed by atoms with Crippen LogP contribution in [0.2, 0.25) is 0 Å². The first-order valence-corrected chi connectivity index (χ1v) is 12.6. The number of fused-ring (bicyclic) bond motifs is 3. The maximum Gasteiger partial charge on any atom is 0.231 e. The van der Waals surface area contributed by atoms with Crippen LogP contribution in [-0.2, 0) is 29.5 Å². The van der Waals surface area contributed by atoms with E-state index in [0.29, 0.717) is 5.88 Å². The van der Waals surface area contributed by atoms with Crippen molar-refractivity contribution in [1.29, 1.82) is 0 Å². The molecule has 1 saturated heterocycles. The highest BCUT2D eigenvalue weighted by Crippen LogP contribution is 2.42. The molecular weight excluding hydrogens is 418 g/mol. The summed E-state index contributed by atoms with van der Waals surface area (Å²) in [7, 11) is 0. The fourth-order valence-corrected chi connectivity index (χ4v) is 5.98. The molecule has 0 spiro atoms. The number of morpholine rings is 1. The third-order valence-electron chi connectivity index (χ3n) is 6.57. The lowest BCUT2D eigenvalue weighted by atomic mass is 9.87. The summed E-state index contributed by atoms with van der Waals surface area (Å²) in [5, 5.41) is 1.13. The Kier molecular flexibility index (Phi) is 5.95. The number of aromatic nitrogens is 2. The molecule has 6 heteroatoms. The fourth-order valence-electron chi connectivity index (χ4n) is 4.59. The monoisotopic (exact) mass is 451 g/mol. The molecule has 3 aromatic rings. The zero-order chi connectivity index (χ0) is 22.3. The SMILES string of the molecule is C[C@H]1CCc2c(sc3nc(CN4CCOCC4)nc(Oc4ccc(C(C)(C)C)cc4)c23)C1. The summed E-state index contributed by atoms with van der Waals surface area (Å²) in [4.78, 5) is 14.8. The Labute approximate surface area is 194 Å². The number of hydrogen-bond acceptors (Lipinski definition) is 6. The highest BCUT2D eigenvalue weighted by atomic mass is 32.1. The molecule has 2 aromatic heterocycles. The molecule has 0 unspecified atom stereocenters. The summed E-state index contributed by atoms with van der Waals surface area (Å²) >= 11 is 1.84. The van der Waals surface area contributed by atoms with Gasteiger partial charge in [0.25, 0.3) is 0 Å². The molecular formula is C26H33N3O2S. The Morgan fingerprint density at radius 3 is 2.59 bits per heavy atom. The smallest absolute Gasteiger partial charge is 0.231 e. The van der Waals surface area contributed by atoms with Crippen LogP contribution in [0.4, 0.5) is 0 Å². The van der Waals surface area contributed by atoms with Crippen LogP contribution in [0.25, 0.3) is 10.2 Å². The van der Waals surface area contributed by atoms with E-state index in [0.717, 1.165) is 73.4 Å². The molecule has 32 heavy (non-hydrogen) atoms. The van der Waals surface area contributed by atoms with Crippen LogP contribution in [0.15, 0.2) is 24.3 Å². The molecule has 1 atom stereocenters. The fraction of sp³-hybridized carbons (Fsp3) is 0.538. The van der Waals surface area contributed by atoms with Crippen molar-refractivity contribution in [2.45, 2.75) is 58.9 Å². The number of thiophene rings is 1. The highest BCUT2D eigenvalue weighted by molar-refractivity contribution is 7.18. The Bertz CT molecular complexity index is 1090. The van der Waals surface area contributed by atoms with Gasteiger partial charge in [0.05, 0.1) is 25.1 Å². The van der Waals surface area contributed by atoms with E-state index in [4.69, 9.17) is 19.4 Å². The lowest BCUT2D eigenvalue weighted by Crippen LogP contribution is -2.36. The van der Waals surface area contributed by atoms with Crippen molar-refractivity contribution in [2.75, 3.05) is 26.3 Å². The Hall–Kier alpha value is -2.02. The highest BCUT2D eigenvalue weighted by Gasteiger charge is 2.25. The van der Waals surface area contributed by atoms with Gasteiger partial charge in [0.2, 0.25) is 5.88 Å². The van der Waals surface area contributed by atoms with Crippen LogP contribution in [0, 0.1) is 5.92 Å². The lowest BCUT2D eigenvalue weighted by Gasteiger charge is -2.25. The number of nitrogens with zero attached hydrogens (tertiary/aromatic N) is 3. The zero-order valence-corrected chi connectivity index (χ0v) is 20.4. The van der Waals surface area contributed by atoms with Crippen LogP contribution in [-0.4, -0.2) is 41.2 Å². The van der Waals surface area contributed by atoms with Gasteiger partial charge in [0.1, 0.15) is 16.4 Å². The topological polar surface area (TPSA) is 47.5 Å². The van der Waals surface area contributed by atoms with Gasteiger partial charge in [-0.3, -0.25) is 4.90 Å². The van der Waals surface area contributed by atoms with E-state index in [1.54, 1.807) is 0 Å². The Morgan fingerprint density at radius 2 is 1.88 bits per heavy atom. The first-order valence-electron chi connectivity index (χ1n) is 11.8. The van der Waals surface area contributed by atoms with Gasteiger partial charge in [0, 0.05) is 18.0 Å². The molecule has 0 N–H and O–H groups in total. The van der Waals surface area contributed by atoms with Gasteiger partial charge in [-0.25, -0.2) is 4.98 Å². The van der Waals surface area contributed by atoms with E-state index in [1.807, 2.05) is 11.3 Å². The maximum absolute atomic E-state index is 6.45. The molecule has 170 valence electrons. The van der Waals surface area contributed by atoms with Gasteiger partial charge >= 0.3 is 0 Å². The minimum atomic E-state index is 0.120. The standard InChI is InChI=1S/C26H33N3O2S/c1-17-5-10-20-21(15-17)32-25-23(20)24(27-22(28-25)16-29-11-13-30-14-12-29)31-19-8-6-18(7-9-19)26(2,3)4/h6-9,17H,5,10-16H2,1-4H3/t17-/m0/s1. The van der Waals surface area contributed by atoms with Gasteiger partial charge < -0.3 is 9.47 Å². The lowest BCUT2D eigenvalue weighted by molar-refractivity contribution is 0.0330. The Morgan fingerprint density at radius 1 is 1.12 bits per heavy atom. The normalized spacial score (nSPS) is 19.8. The number of benzene rings is 1. The van der Waals surface area contributed by atoms with E-state index in [1.165, 1.54) is 22.4 Å². The van der Waals surface area contributed by atoms with Gasteiger partial charge in [-0.1, -0.05) is 39.8 Å². The van der Waals surface area contributed by atoms with Crippen LogP contribution in [0.1, 0.15) is 55.9 Å². The maximum atomic E-state index is 6.45. The third kappa shape index (κ3) is 4.54. The van der Waals surface area contributed by atoms with Crippen molar-refractivity contribution in [3.05, 3.63) is 46.1 Å². The predicted molar refractivity (Wildman–Crippen MR) is 130 cm³/mol. The summed E-state index contributed by atoms with van der Waals surface area (Å²) in [6.45, 7) is 13.2. The molecule has 5 rings (SSSR count). The quantitative estimate of drug-likeness (QED) is 0.506. The van der Waals surface area contributed by atoms with E-state index in [2.05, 4.69) is 56.9 Å². The summed E-state index contributed by atoms with van der Waals surface area (Å²) in [5.41, 5.74) is 2.82. The summed E-state index contributed by atoms with van der Waals surface area (Å²) in [5.74, 6) is 3.12. The van der Waals surface area contributed by atoms with Crippen LogP contribution < -0.4 is 4.74 Å². The predicted octanol–water partition coefficient (Wildman–Crippen LogP) is 5.74. The molecule has 0 saturated carbocycles.